The molecule has 0 bridgehead atoms. The lowest BCUT2D eigenvalue weighted by Gasteiger charge is -2.13. The van der Waals surface area contributed by atoms with Crippen LogP contribution < -0.4 is 15.5 Å². The minimum Gasteiger partial charge on any atom is -0.462 e. The van der Waals surface area contributed by atoms with Crippen LogP contribution in [0.25, 0.3) is 0 Å². The molecule has 2 N–H and O–H groups in total. The smallest absolute Gasteiger partial charge is 0.338 e. The molecule has 24 heavy (non-hydrogen) atoms. The molecule has 0 saturated heterocycles. The number of urea groups is 1. The first-order chi connectivity index (χ1) is 11.5. The number of ether oxygens (including phenoxy) is 1. The van der Waals surface area contributed by atoms with Crippen LogP contribution in [0.2, 0.25) is 0 Å². The summed E-state index contributed by atoms with van der Waals surface area (Å²) in [6.45, 7) is 2.08. The van der Waals surface area contributed by atoms with Crippen LogP contribution in [0.15, 0.2) is 48.5 Å². The highest BCUT2D eigenvalue weighted by molar-refractivity contribution is 6.00. The molecule has 2 aromatic rings. The lowest BCUT2D eigenvalue weighted by molar-refractivity contribution is 0.0526. The second kappa shape index (κ2) is 8.01. The van der Waals surface area contributed by atoms with E-state index in [1.54, 1.807) is 31.2 Å². The summed E-state index contributed by atoms with van der Waals surface area (Å²) in [5.74, 6) is -0.380. The molecular formula is C18H21N3O3. The summed E-state index contributed by atoms with van der Waals surface area (Å²) in [7, 11) is 3.91. The molecule has 0 atom stereocenters. The Morgan fingerprint density at radius 2 is 1.42 bits per heavy atom. The van der Waals surface area contributed by atoms with Crippen LogP contribution in [-0.2, 0) is 4.74 Å². The van der Waals surface area contributed by atoms with Crippen molar-refractivity contribution < 1.29 is 14.3 Å². The van der Waals surface area contributed by atoms with Crippen molar-refractivity contribution in [1.29, 1.82) is 0 Å². The SMILES string of the molecule is CCOC(=O)c1ccc(NC(=O)Nc2ccc(N(C)C)cc2)cc1. The number of carbonyl (C=O) groups is 2. The van der Waals surface area contributed by atoms with Crippen LogP contribution >= 0.6 is 0 Å². The van der Waals surface area contributed by atoms with E-state index in [0.717, 1.165) is 5.69 Å². The standard InChI is InChI=1S/C18H21N3O3/c1-4-24-17(22)13-5-7-14(8-6-13)19-18(23)20-15-9-11-16(12-10-15)21(2)3/h5-12H,4H2,1-3H3,(H2,19,20,23). The van der Waals surface area contributed by atoms with E-state index >= 15 is 0 Å². The van der Waals surface area contributed by atoms with Gasteiger partial charge in [-0.15, -0.1) is 0 Å². The average Bonchev–Trinajstić information content (AvgIpc) is 2.56. The van der Waals surface area contributed by atoms with Crippen LogP contribution in [0.5, 0.6) is 0 Å². The number of esters is 1. The summed E-state index contributed by atoms with van der Waals surface area (Å²) < 4.78 is 4.91. The highest BCUT2D eigenvalue weighted by Crippen LogP contribution is 2.16. The molecular weight excluding hydrogens is 306 g/mol. The fourth-order valence-corrected chi connectivity index (χ4v) is 2.04. The average molecular weight is 327 g/mol. The Balaban J connectivity index is 1.93. The summed E-state index contributed by atoms with van der Waals surface area (Å²) >= 11 is 0. The molecule has 6 heteroatoms. The Kier molecular flexibility index (Phi) is 5.78. The second-order valence-corrected chi connectivity index (χ2v) is 5.32. The number of hydrogen-bond donors (Lipinski definition) is 2. The van der Waals surface area contributed by atoms with Crippen molar-refractivity contribution >= 4 is 29.1 Å². The van der Waals surface area contributed by atoms with Gasteiger partial charge >= 0.3 is 12.0 Å². The lowest BCUT2D eigenvalue weighted by atomic mass is 10.2. The first-order valence-electron chi connectivity index (χ1n) is 7.62. The molecule has 0 aliphatic carbocycles. The molecule has 0 fully saturated rings. The van der Waals surface area contributed by atoms with Gasteiger partial charge in [-0.1, -0.05) is 0 Å². The predicted molar refractivity (Wildman–Crippen MR) is 95.8 cm³/mol. The lowest BCUT2D eigenvalue weighted by Crippen LogP contribution is -2.19. The number of rotatable bonds is 5. The Bertz CT molecular complexity index is 694. The topological polar surface area (TPSA) is 70.7 Å². The predicted octanol–water partition coefficient (Wildman–Crippen LogP) is 3.57. The van der Waals surface area contributed by atoms with Gasteiger partial charge in [0.05, 0.1) is 12.2 Å². The molecule has 6 nitrogen and oxygen atoms in total. The van der Waals surface area contributed by atoms with Gasteiger partial charge in [0.25, 0.3) is 0 Å². The Morgan fingerprint density at radius 1 is 0.917 bits per heavy atom. The van der Waals surface area contributed by atoms with E-state index < -0.39 is 0 Å². The summed E-state index contributed by atoms with van der Waals surface area (Å²) in [4.78, 5) is 25.5. The molecule has 2 amide bonds. The number of benzene rings is 2. The van der Waals surface area contributed by atoms with Crippen molar-refractivity contribution in [1.82, 2.24) is 0 Å². The Labute approximate surface area is 141 Å². The molecule has 0 aromatic heterocycles. The van der Waals surface area contributed by atoms with E-state index in [9.17, 15) is 9.59 Å². The number of nitrogens with zero attached hydrogens (tertiary/aromatic N) is 1. The van der Waals surface area contributed by atoms with Gasteiger partial charge in [0.2, 0.25) is 0 Å². The Morgan fingerprint density at radius 3 is 1.88 bits per heavy atom. The zero-order valence-corrected chi connectivity index (χ0v) is 14.0. The number of anilines is 3. The molecule has 0 radical (unpaired) electrons. The van der Waals surface area contributed by atoms with Crippen molar-refractivity contribution in [3.05, 3.63) is 54.1 Å². The summed E-state index contributed by atoms with van der Waals surface area (Å²) in [5.41, 5.74) is 2.78. The van der Waals surface area contributed by atoms with Crippen LogP contribution in [0.3, 0.4) is 0 Å². The van der Waals surface area contributed by atoms with Gasteiger partial charge in [0, 0.05) is 31.2 Å². The molecule has 0 spiro atoms. The zero-order valence-electron chi connectivity index (χ0n) is 14.0. The largest absolute Gasteiger partial charge is 0.462 e. The quantitative estimate of drug-likeness (QED) is 0.824. The van der Waals surface area contributed by atoms with E-state index in [1.165, 1.54) is 0 Å². The van der Waals surface area contributed by atoms with Gasteiger partial charge < -0.3 is 20.3 Å². The molecule has 0 unspecified atom stereocenters. The van der Waals surface area contributed by atoms with Gasteiger partial charge in [-0.25, -0.2) is 9.59 Å². The van der Waals surface area contributed by atoms with Crippen molar-refractivity contribution in [2.75, 3.05) is 36.2 Å². The van der Waals surface area contributed by atoms with Gasteiger partial charge in [0.15, 0.2) is 0 Å². The summed E-state index contributed by atoms with van der Waals surface area (Å²) in [5, 5.41) is 5.47. The maximum atomic E-state index is 12.0. The number of hydrogen-bond acceptors (Lipinski definition) is 4. The van der Waals surface area contributed by atoms with Crippen molar-refractivity contribution in [3.8, 4) is 0 Å². The second-order valence-electron chi connectivity index (χ2n) is 5.32. The van der Waals surface area contributed by atoms with E-state index in [-0.39, 0.29) is 12.0 Å². The third kappa shape index (κ3) is 4.74. The fraction of sp³-hybridized carbons (Fsp3) is 0.222. The van der Waals surface area contributed by atoms with Crippen molar-refractivity contribution in [2.24, 2.45) is 0 Å². The minimum absolute atomic E-state index is 0.327. The highest BCUT2D eigenvalue weighted by Gasteiger charge is 2.07. The first-order valence-corrected chi connectivity index (χ1v) is 7.62. The van der Waals surface area contributed by atoms with Crippen LogP contribution in [-0.4, -0.2) is 32.7 Å². The normalized spacial score (nSPS) is 9.96. The van der Waals surface area contributed by atoms with E-state index in [1.807, 2.05) is 43.3 Å². The van der Waals surface area contributed by atoms with Crippen molar-refractivity contribution in [2.45, 2.75) is 6.92 Å². The van der Waals surface area contributed by atoms with Crippen LogP contribution in [0.4, 0.5) is 21.9 Å². The zero-order chi connectivity index (χ0) is 17.5. The number of nitrogens with one attached hydrogen (secondary N) is 2. The molecule has 0 saturated carbocycles. The van der Waals surface area contributed by atoms with Gasteiger partial charge in [-0.2, -0.15) is 0 Å². The molecule has 2 rings (SSSR count). The Hall–Kier alpha value is -3.02. The molecule has 0 aliphatic rings. The van der Waals surface area contributed by atoms with Crippen LogP contribution in [0, 0.1) is 0 Å². The molecule has 0 aliphatic heterocycles. The maximum Gasteiger partial charge on any atom is 0.338 e. The maximum absolute atomic E-state index is 12.0. The number of amides is 2. The minimum atomic E-state index is -0.380. The van der Waals surface area contributed by atoms with E-state index in [0.29, 0.717) is 23.5 Å². The van der Waals surface area contributed by atoms with Gasteiger partial charge in [-0.05, 0) is 55.5 Å². The third-order valence-electron chi connectivity index (χ3n) is 3.30. The number of carbonyl (C=O) groups excluding carboxylic acids is 2. The highest BCUT2D eigenvalue weighted by atomic mass is 16.5. The third-order valence-corrected chi connectivity index (χ3v) is 3.30. The summed E-state index contributed by atoms with van der Waals surface area (Å²) in [6.07, 6.45) is 0. The van der Waals surface area contributed by atoms with Crippen LogP contribution in [0.1, 0.15) is 17.3 Å². The molecule has 126 valence electrons. The molecule has 0 heterocycles. The first kappa shape index (κ1) is 17.3. The fourth-order valence-electron chi connectivity index (χ4n) is 2.04. The van der Waals surface area contributed by atoms with Crippen molar-refractivity contribution in [3.63, 3.8) is 0 Å². The molecule has 2 aromatic carbocycles. The van der Waals surface area contributed by atoms with E-state index in [4.69, 9.17) is 4.74 Å². The monoisotopic (exact) mass is 327 g/mol. The summed E-state index contributed by atoms with van der Waals surface area (Å²) in [6, 6.07) is 13.7. The van der Waals surface area contributed by atoms with Gasteiger partial charge in [-0.3, -0.25) is 0 Å². The van der Waals surface area contributed by atoms with E-state index in [2.05, 4.69) is 10.6 Å². The van der Waals surface area contributed by atoms with Gasteiger partial charge in [0.1, 0.15) is 0 Å².